The number of anilines is 1. The number of para-hydroxylation sites is 1. The Kier molecular flexibility index (Phi) is 5.91. The zero-order chi connectivity index (χ0) is 21.8. The summed E-state index contributed by atoms with van der Waals surface area (Å²) in [7, 11) is 0. The molecule has 0 saturated carbocycles. The van der Waals surface area contributed by atoms with Crippen LogP contribution in [0.1, 0.15) is 18.5 Å². The highest BCUT2D eigenvalue weighted by molar-refractivity contribution is 6.30. The molecule has 0 fully saturated rings. The van der Waals surface area contributed by atoms with Gasteiger partial charge in [-0.25, -0.2) is 4.79 Å². The average molecular weight is 434 g/mol. The zero-order valence-electron chi connectivity index (χ0n) is 16.7. The van der Waals surface area contributed by atoms with Crippen molar-refractivity contribution in [1.82, 2.24) is 10.6 Å². The molecule has 3 N–H and O–H groups in total. The number of allylic oxidation sites excluding steroid dienone is 1. The minimum Gasteiger partial charge on any atom is -0.457 e. The number of halogens is 1. The van der Waals surface area contributed by atoms with Gasteiger partial charge in [-0.05, 0) is 61.0 Å². The highest BCUT2D eigenvalue weighted by atomic mass is 35.5. The maximum Gasteiger partial charge on any atom is 0.319 e. The Bertz CT molecular complexity index is 1140. The van der Waals surface area contributed by atoms with Gasteiger partial charge >= 0.3 is 6.03 Å². The Labute approximate surface area is 184 Å². The molecule has 1 atom stereocenters. The number of urea groups is 1. The van der Waals surface area contributed by atoms with E-state index in [2.05, 4.69) is 16.0 Å². The monoisotopic (exact) mass is 433 g/mol. The molecule has 0 bridgehead atoms. The van der Waals surface area contributed by atoms with Crippen LogP contribution in [0.4, 0.5) is 10.5 Å². The summed E-state index contributed by atoms with van der Waals surface area (Å²) in [6, 6.07) is 22.4. The Morgan fingerprint density at radius 1 is 0.968 bits per heavy atom. The molecule has 31 heavy (non-hydrogen) atoms. The van der Waals surface area contributed by atoms with Crippen LogP contribution in [0.25, 0.3) is 0 Å². The largest absolute Gasteiger partial charge is 0.457 e. The molecular weight excluding hydrogens is 414 g/mol. The number of hydrogen-bond donors (Lipinski definition) is 3. The third-order valence-corrected chi connectivity index (χ3v) is 5.04. The Hall–Kier alpha value is -3.77. The molecule has 7 heteroatoms. The van der Waals surface area contributed by atoms with Crippen LogP contribution in [0.3, 0.4) is 0 Å². The Morgan fingerprint density at radius 2 is 1.71 bits per heavy atom. The fourth-order valence-corrected chi connectivity index (χ4v) is 3.49. The van der Waals surface area contributed by atoms with Crippen molar-refractivity contribution in [3.63, 3.8) is 0 Å². The van der Waals surface area contributed by atoms with Gasteiger partial charge in [0.1, 0.15) is 11.5 Å². The summed E-state index contributed by atoms with van der Waals surface area (Å²) in [5.41, 5.74) is 2.31. The lowest BCUT2D eigenvalue weighted by Gasteiger charge is -2.29. The lowest BCUT2D eigenvalue weighted by atomic mass is 9.94. The van der Waals surface area contributed by atoms with Gasteiger partial charge in [0, 0.05) is 16.4 Å². The predicted molar refractivity (Wildman–Crippen MR) is 120 cm³/mol. The second-order valence-electron chi connectivity index (χ2n) is 7.02. The second-order valence-corrected chi connectivity index (χ2v) is 7.46. The second kappa shape index (κ2) is 8.93. The van der Waals surface area contributed by atoms with Gasteiger partial charge in [-0.3, -0.25) is 4.79 Å². The van der Waals surface area contributed by atoms with E-state index in [1.807, 2.05) is 30.3 Å². The quantitative estimate of drug-likeness (QED) is 0.504. The number of benzene rings is 3. The molecule has 6 nitrogen and oxygen atoms in total. The van der Waals surface area contributed by atoms with Gasteiger partial charge < -0.3 is 20.7 Å². The van der Waals surface area contributed by atoms with Crippen molar-refractivity contribution in [3.05, 3.63) is 101 Å². The summed E-state index contributed by atoms with van der Waals surface area (Å²) in [5, 5.41) is 9.02. The molecule has 4 rings (SSSR count). The first-order valence-electron chi connectivity index (χ1n) is 9.67. The van der Waals surface area contributed by atoms with Crippen molar-refractivity contribution in [3.8, 4) is 11.5 Å². The fraction of sp³-hybridized carbons (Fsp3) is 0.0833. The van der Waals surface area contributed by atoms with Gasteiger partial charge in [0.05, 0.1) is 11.6 Å². The minimum absolute atomic E-state index is 0.301. The first kappa shape index (κ1) is 20.5. The molecule has 3 amide bonds. The molecule has 156 valence electrons. The van der Waals surface area contributed by atoms with Crippen molar-refractivity contribution in [2.24, 2.45) is 0 Å². The summed E-state index contributed by atoms with van der Waals surface area (Å²) in [6.07, 6.45) is 0. The fourth-order valence-electron chi connectivity index (χ4n) is 3.36. The highest BCUT2D eigenvalue weighted by Gasteiger charge is 2.31. The molecular formula is C24H20ClN3O3. The molecule has 3 aromatic carbocycles. The number of amides is 3. The molecule has 3 aromatic rings. The van der Waals surface area contributed by atoms with Crippen molar-refractivity contribution >= 4 is 29.2 Å². The minimum atomic E-state index is -0.633. The van der Waals surface area contributed by atoms with E-state index in [1.165, 1.54) is 0 Å². The standard InChI is InChI=1S/C24H20ClN3O3/c1-15-21(23(29)27-18-7-3-2-4-8-18)22(28-24(30)26-15)16-6-5-9-20(14-16)31-19-12-10-17(25)11-13-19/h2-14,22H,1H3,(H,27,29)(H2,26,28,30)/t22-/m0/s1. The van der Waals surface area contributed by atoms with E-state index >= 15 is 0 Å². The summed E-state index contributed by atoms with van der Waals surface area (Å²) in [6.45, 7) is 1.71. The smallest absolute Gasteiger partial charge is 0.319 e. The van der Waals surface area contributed by atoms with E-state index in [9.17, 15) is 9.59 Å². The number of hydrogen-bond acceptors (Lipinski definition) is 3. The number of carbonyl (C=O) groups excluding carboxylic acids is 2. The zero-order valence-corrected chi connectivity index (χ0v) is 17.4. The number of carbonyl (C=O) groups is 2. The van der Waals surface area contributed by atoms with Gasteiger partial charge in [0.15, 0.2) is 0 Å². The van der Waals surface area contributed by atoms with Crippen molar-refractivity contribution in [1.29, 1.82) is 0 Å². The lowest BCUT2D eigenvalue weighted by Crippen LogP contribution is -2.45. The Morgan fingerprint density at radius 3 is 2.45 bits per heavy atom. The molecule has 0 spiro atoms. The molecule has 0 radical (unpaired) electrons. The van der Waals surface area contributed by atoms with Crippen LogP contribution in [0.2, 0.25) is 5.02 Å². The van der Waals surface area contributed by atoms with Gasteiger partial charge in [-0.15, -0.1) is 0 Å². The maximum absolute atomic E-state index is 13.1. The first-order valence-corrected chi connectivity index (χ1v) is 10.1. The maximum atomic E-state index is 13.1. The molecule has 0 unspecified atom stereocenters. The Balaban J connectivity index is 1.63. The van der Waals surface area contributed by atoms with Crippen LogP contribution in [-0.4, -0.2) is 11.9 Å². The van der Waals surface area contributed by atoms with E-state index in [4.69, 9.17) is 16.3 Å². The van der Waals surface area contributed by atoms with E-state index in [1.54, 1.807) is 55.5 Å². The van der Waals surface area contributed by atoms with Gasteiger partial charge in [-0.2, -0.15) is 0 Å². The van der Waals surface area contributed by atoms with Crippen LogP contribution >= 0.6 is 11.6 Å². The molecule has 1 aliphatic rings. The van der Waals surface area contributed by atoms with Crippen molar-refractivity contribution < 1.29 is 14.3 Å². The van der Waals surface area contributed by atoms with E-state index in [0.29, 0.717) is 33.5 Å². The van der Waals surface area contributed by atoms with Crippen molar-refractivity contribution in [2.75, 3.05) is 5.32 Å². The molecule has 0 aromatic heterocycles. The SMILES string of the molecule is CC1=C(C(=O)Nc2ccccc2)[C@H](c2cccc(Oc3ccc(Cl)cc3)c2)NC(=O)N1. The van der Waals surface area contributed by atoms with Gasteiger partial charge in [0.2, 0.25) is 0 Å². The van der Waals surface area contributed by atoms with E-state index in [-0.39, 0.29) is 11.9 Å². The summed E-state index contributed by atoms with van der Waals surface area (Å²) < 4.78 is 5.91. The first-order chi connectivity index (χ1) is 15.0. The van der Waals surface area contributed by atoms with Crippen LogP contribution in [-0.2, 0) is 4.79 Å². The molecule has 0 aliphatic carbocycles. The van der Waals surface area contributed by atoms with Gasteiger partial charge in [-0.1, -0.05) is 41.9 Å². The lowest BCUT2D eigenvalue weighted by molar-refractivity contribution is -0.113. The average Bonchev–Trinajstić information content (AvgIpc) is 2.75. The van der Waals surface area contributed by atoms with Crippen LogP contribution in [0.5, 0.6) is 11.5 Å². The summed E-state index contributed by atoms with van der Waals surface area (Å²) in [4.78, 5) is 25.2. The number of rotatable bonds is 5. The molecule has 0 saturated heterocycles. The van der Waals surface area contributed by atoms with E-state index < -0.39 is 6.04 Å². The topological polar surface area (TPSA) is 79.5 Å². The van der Waals surface area contributed by atoms with E-state index in [0.717, 1.165) is 5.56 Å². The van der Waals surface area contributed by atoms with Crippen LogP contribution in [0, 0.1) is 0 Å². The van der Waals surface area contributed by atoms with Crippen molar-refractivity contribution in [2.45, 2.75) is 13.0 Å². The highest BCUT2D eigenvalue weighted by Crippen LogP contribution is 2.31. The number of nitrogens with one attached hydrogen (secondary N) is 3. The van der Waals surface area contributed by atoms with Crippen LogP contribution in [0.15, 0.2) is 90.1 Å². The molecule has 1 heterocycles. The van der Waals surface area contributed by atoms with Crippen LogP contribution < -0.4 is 20.7 Å². The third kappa shape index (κ3) is 4.87. The summed E-state index contributed by atoms with van der Waals surface area (Å²) >= 11 is 5.93. The number of ether oxygens (including phenoxy) is 1. The summed E-state index contributed by atoms with van der Waals surface area (Å²) in [5.74, 6) is 0.906. The predicted octanol–water partition coefficient (Wildman–Crippen LogP) is 5.40. The third-order valence-electron chi connectivity index (χ3n) is 4.79. The normalized spacial score (nSPS) is 15.7. The molecule has 1 aliphatic heterocycles. The van der Waals surface area contributed by atoms with Gasteiger partial charge in [0.25, 0.3) is 5.91 Å².